The van der Waals surface area contributed by atoms with Crippen LogP contribution >= 0.6 is 0 Å². The van der Waals surface area contributed by atoms with Gasteiger partial charge < -0.3 is 5.73 Å². The highest BCUT2D eigenvalue weighted by molar-refractivity contribution is 4.93. The molecule has 1 nitrogen and oxygen atoms in total. The topological polar surface area (TPSA) is 26.0 Å². The summed E-state index contributed by atoms with van der Waals surface area (Å²) in [6, 6.07) is 0. The third-order valence-corrected chi connectivity index (χ3v) is 0.495. The molecule has 0 radical (unpaired) electrons. The Morgan fingerprint density at radius 3 is 2.50 bits per heavy atom. The van der Waals surface area contributed by atoms with E-state index in [1.807, 2.05) is 0 Å². The maximum absolute atomic E-state index is 11.2. The van der Waals surface area contributed by atoms with E-state index in [1.54, 1.807) is 6.92 Å². The molecule has 0 fully saturated rings. The molecule has 0 rings (SSSR count). The zero-order chi connectivity index (χ0) is 4.99. The standard InChI is InChI=1S/C4H8FN/c1-4(2-5)3-6/h3H,2,6H2,1H3/b4-3-. The largest absolute Gasteiger partial charge is 0.405 e. The van der Waals surface area contributed by atoms with E-state index in [0.29, 0.717) is 5.57 Å². The van der Waals surface area contributed by atoms with Crippen LogP contribution in [-0.4, -0.2) is 6.67 Å². The van der Waals surface area contributed by atoms with Crippen LogP contribution in [0.5, 0.6) is 0 Å². The summed E-state index contributed by atoms with van der Waals surface area (Å²) < 4.78 is 11.2. The van der Waals surface area contributed by atoms with Crippen molar-refractivity contribution in [3.05, 3.63) is 11.8 Å². The molecule has 36 valence electrons. The van der Waals surface area contributed by atoms with E-state index in [2.05, 4.69) is 0 Å². The predicted molar refractivity (Wildman–Crippen MR) is 23.9 cm³/mol. The van der Waals surface area contributed by atoms with E-state index in [-0.39, 0.29) is 0 Å². The van der Waals surface area contributed by atoms with Crippen molar-refractivity contribution in [2.45, 2.75) is 6.92 Å². The molecule has 0 bridgehead atoms. The second kappa shape index (κ2) is 2.69. The van der Waals surface area contributed by atoms with Gasteiger partial charge >= 0.3 is 0 Å². The smallest absolute Gasteiger partial charge is 0.112 e. The van der Waals surface area contributed by atoms with Gasteiger partial charge in [-0.2, -0.15) is 0 Å². The number of hydrogen-bond acceptors (Lipinski definition) is 1. The summed E-state index contributed by atoms with van der Waals surface area (Å²) in [5.74, 6) is 0. The second-order valence-electron chi connectivity index (χ2n) is 1.15. The van der Waals surface area contributed by atoms with Gasteiger partial charge in [0.15, 0.2) is 0 Å². The van der Waals surface area contributed by atoms with Gasteiger partial charge in [-0.15, -0.1) is 0 Å². The van der Waals surface area contributed by atoms with Crippen molar-refractivity contribution in [2.24, 2.45) is 5.73 Å². The van der Waals surface area contributed by atoms with E-state index in [1.165, 1.54) is 6.20 Å². The van der Waals surface area contributed by atoms with Gasteiger partial charge in [-0.05, 0) is 18.7 Å². The number of rotatable bonds is 1. The quantitative estimate of drug-likeness (QED) is 0.505. The summed E-state index contributed by atoms with van der Waals surface area (Å²) in [5.41, 5.74) is 5.46. The molecule has 0 spiro atoms. The lowest BCUT2D eigenvalue weighted by atomic mass is 10.4. The summed E-state index contributed by atoms with van der Waals surface area (Å²) in [5, 5.41) is 0. The molecule has 0 aromatic carbocycles. The first-order valence-electron chi connectivity index (χ1n) is 1.74. The molecular weight excluding hydrogens is 81.0 g/mol. The molecule has 0 aliphatic carbocycles. The summed E-state index contributed by atoms with van der Waals surface area (Å²) in [7, 11) is 0. The first kappa shape index (κ1) is 5.47. The molecule has 2 heteroatoms. The first-order valence-corrected chi connectivity index (χ1v) is 1.74. The van der Waals surface area contributed by atoms with Crippen LogP contribution in [-0.2, 0) is 0 Å². The minimum absolute atomic E-state index is 0.434. The second-order valence-corrected chi connectivity index (χ2v) is 1.15. The maximum atomic E-state index is 11.2. The molecule has 0 atom stereocenters. The SMILES string of the molecule is C/C(=C/N)CF. The Kier molecular flexibility index (Phi) is 2.46. The Hall–Kier alpha value is -0.530. The summed E-state index contributed by atoms with van der Waals surface area (Å²) in [6.07, 6.45) is 1.26. The summed E-state index contributed by atoms with van der Waals surface area (Å²) >= 11 is 0. The van der Waals surface area contributed by atoms with Crippen LogP contribution in [0.4, 0.5) is 4.39 Å². The molecule has 6 heavy (non-hydrogen) atoms. The van der Waals surface area contributed by atoms with Crippen LogP contribution in [0, 0.1) is 0 Å². The van der Waals surface area contributed by atoms with Crippen molar-refractivity contribution in [3.63, 3.8) is 0 Å². The van der Waals surface area contributed by atoms with Gasteiger partial charge in [-0.3, -0.25) is 0 Å². The van der Waals surface area contributed by atoms with Crippen molar-refractivity contribution in [2.75, 3.05) is 6.67 Å². The third-order valence-electron chi connectivity index (χ3n) is 0.495. The zero-order valence-corrected chi connectivity index (χ0v) is 3.74. The fraction of sp³-hybridized carbons (Fsp3) is 0.500. The lowest BCUT2D eigenvalue weighted by Crippen LogP contribution is -1.84. The van der Waals surface area contributed by atoms with Crippen LogP contribution in [0.1, 0.15) is 6.92 Å². The molecule has 0 saturated carbocycles. The van der Waals surface area contributed by atoms with Gasteiger partial charge in [0.25, 0.3) is 0 Å². The number of nitrogens with two attached hydrogens (primary N) is 1. The van der Waals surface area contributed by atoms with Crippen LogP contribution < -0.4 is 5.73 Å². The van der Waals surface area contributed by atoms with Gasteiger partial charge in [-0.1, -0.05) is 0 Å². The van der Waals surface area contributed by atoms with E-state index < -0.39 is 6.67 Å². The normalized spacial score (nSPS) is 12.0. The van der Waals surface area contributed by atoms with Crippen molar-refractivity contribution in [3.8, 4) is 0 Å². The van der Waals surface area contributed by atoms with E-state index in [9.17, 15) is 4.39 Å². The molecule has 0 aromatic heterocycles. The fourth-order valence-electron chi connectivity index (χ4n) is 0.0445. The van der Waals surface area contributed by atoms with E-state index in [0.717, 1.165) is 0 Å². The lowest BCUT2D eigenvalue weighted by molar-refractivity contribution is 0.542. The Balaban J connectivity index is 3.22. The Morgan fingerprint density at radius 2 is 2.50 bits per heavy atom. The molecule has 2 N–H and O–H groups in total. The lowest BCUT2D eigenvalue weighted by Gasteiger charge is -1.82. The van der Waals surface area contributed by atoms with E-state index >= 15 is 0 Å². The molecule has 0 unspecified atom stereocenters. The van der Waals surface area contributed by atoms with Crippen LogP contribution in [0.2, 0.25) is 0 Å². The average molecular weight is 89.1 g/mol. The number of allylic oxidation sites excluding steroid dienone is 1. The van der Waals surface area contributed by atoms with Crippen LogP contribution in [0.3, 0.4) is 0 Å². The van der Waals surface area contributed by atoms with Gasteiger partial charge in [0.05, 0.1) is 0 Å². The van der Waals surface area contributed by atoms with E-state index in [4.69, 9.17) is 5.73 Å². The van der Waals surface area contributed by atoms with Crippen molar-refractivity contribution >= 4 is 0 Å². The highest BCUT2D eigenvalue weighted by Crippen LogP contribution is 1.85. The van der Waals surface area contributed by atoms with Gasteiger partial charge in [0.2, 0.25) is 0 Å². The minimum Gasteiger partial charge on any atom is -0.405 e. The fourth-order valence-corrected chi connectivity index (χ4v) is 0.0445. The summed E-state index contributed by atoms with van der Waals surface area (Å²) in [6.45, 7) is 1.20. The van der Waals surface area contributed by atoms with Crippen molar-refractivity contribution in [1.82, 2.24) is 0 Å². The van der Waals surface area contributed by atoms with Crippen LogP contribution in [0.25, 0.3) is 0 Å². The molecule has 0 aliphatic rings. The Labute approximate surface area is 36.6 Å². The highest BCUT2D eigenvalue weighted by Gasteiger charge is 1.77. The average Bonchev–Trinajstić information content (AvgIpc) is 1.65. The molecular formula is C4H8FN. The van der Waals surface area contributed by atoms with Crippen LogP contribution in [0.15, 0.2) is 11.8 Å². The monoisotopic (exact) mass is 89.1 g/mol. The molecule has 0 heterocycles. The van der Waals surface area contributed by atoms with Gasteiger partial charge in [-0.25, -0.2) is 4.39 Å². The first-order chi connectivity index (χ1) is 2.81. The zero-order valence-electron chi connectivity index (χ0n) is 3.74. The Morgan fingerprint density at radius 1 is 2.00 bits per heavy atom. The van der Waals surface area contributed by atoms with Crippen molar-refractivity contribution < 1.29 is 4.39 Å². The van der Waals surface area contributed by atoms with Gasteiger partial charge in [0.1, 0.15) is 6.67 Å². The number of halogens is 1. The maximum Gasteiger partial charge on any atom is 0.112 e. The predicted octanol–water partition coefficient (Wildman–Crippen LogP) is 0.818. The minimum atomic E-state index is -0.434. The Bertz CT molecular complexity index is 58.6. The van der Waals surface area contributed by atoms with Gasteiger partial charge in [0, 0.05) is 0 Å². The van der Waals surface area contributed by atoms with Crippen molar-refractivity contribution in [1.29, 1.82) is 0 Å². The highest BCUT2D eigenvalue weighted by atomic mass is 19.1. The number of hydrogen-bond donors (Lipinski definition) is 1. The third kappa shape index (κ3) is 1.76. The molecule has 0 amide bonds. The summed E-state index contributed by atoms with van der Waals surface area (Å²) in [4.78, 5) is 0. The molecule has 0 aliphatic heterocycles. The molecule has 0 aromatic rings. The number of alkyl halides is 1. The molecule has 0 saturated heterocycles.